The molecule has 0 bridgehead atoms. The first kappa shape index (κ1) is 8.75. The van der Waals surface area contributed by atoms with E-state index < -0.39 is 0 Å². The highest BCUT2D eigenvalue weighted by Crippen LogP contribution is 2.15. The van der Waals surface area contributed by atoms with Crippen LogP contribution in [-0.4, -0.2) is 23.8 Å². The normalized spacial score (nSPS) is 29.8. The van der Waals surface area contributed by atoms with Gasteiger partial charge in [0.15, 0.2) is 0 Å². The van der Waals surface area contributed by atoms with Crippen LogP contribution in [0.2, 0.25) is 0 Å². The maximum atomic E-state index is 9.68. The van der Waals surface area contributed by atoms with Gasteiger partial charge < -0.3 is 10.4 Å². The number of hydrogen-bond acceptors (Lipinski definition) is 2. The lowest BCUT2D eigenvalue weighted by atomic mass is 9.97. The van der Waals surface area contributed by atoms with Crippen LogP contribution in [0.1, 0.15) is 19.8 Å². The molecule has 2 heteroatoms. The predicted octanol–water partition coefficient (Wildman–Crippen LogP) is 0.921. The van der Waals surface area contributed by atoms with Crippen molar-refractivity contribution in [2.24, 2.45) is 5.92 Å². The highest BCUT2D eigenvalue weighted by Gasteiger charge is 2.25. The molecule has 11 heavy (non-hydrogen) atoms. The largest absolute Gasteiger partial charge is 0.391 e. The van der Waals surface area contributed by atoms with E-state index in [0.29, 0.717) is 6.04 Å². The van der Waals surface area contributed by atoms with Gasteiger partial charge in [-0.15, -0.1) is 6.58 Å². The molecule has 1 saturated heterocycles. The third kappa shape index (κ3) is 2.04. The van der Waals surface area contributed by atoms with Crippen LogP contribution >= 0.6 is 0 Å². The topological polar surface area (TPSA) is 32.3 Å². The number of aliphatic hydroxyl groups is 1. The zero-order valence-corrected chi connectivity index (χ0v) is 7.09. The summed E-state index contributed by atoms with van der Waals surface area (Å²) in [6.45, 7) is 6.71. The molecule has 64 valence electrons. The van der Waals surface area contributed by atoms with Crippen molar-refractivity contribution in [2.75, 3.05) is 6.54 Å². The van der Waals surface area contributed by atoms with Crippen molar-refractivity contribution in [1.82, 2.24) is 5.32 Å². The number of hydrogen-bond donors (Lipinski definition) is 2. The Morgan fingerprint density at radius 1 is 1.73 bits per heavy atom. The monoisotopic (exact) mass is 155 g/mol. The molecule has 3 atom stereocenters. The molecule has 2 N–H and O–H groups in total. The molecule has 0 aliphatic carbocycles. The second-order valence-corrected chi connectivity index (χ2v) is 3.29. The summed E-state index contributed by atoms with van der Waals surface area (Å²) in [6.07, 6.45) is 3.84. The van der Waals surface area contributed by atoms with Crippen LogP contribution in [0.4, 0.5) is 0 Å². The molecule has 0 spiro atoms. The number of aliphatic hydroxyl groups excluding tert-OH is 1. The maximum absolute atomic E-state index is 9.68. The molecule has 1 rings (SSSR count). The Morgan fingerprint density at radius 3 is 2.91 bits per heavy atom. The van der Waals surface area contributed by atoms with Crippen LogP contribution in [0.5, 0.6) is 0 Å². The fourth-order valence-electron chi connectivity index (χ4n) is 1.51. The van der Waals surface area contributed by atoms with Gasteiger partial charge in [0.2, 0.25) is 0 Å². The van der Waals surface area contributed by atoms with E-state index in [1.165, 1.54) is 6.42 Å². The van der Waals surface area contributed by atoms with Crippen LogP contribution in [0.15, 0.2) is 12.7 Å². The maximum Gasteiger partial charge on any atom is 0.0752 e. The highest BCUT2D eigenvalue weighted by atomic mass is 16.3. The fraction of sp³-hybridized carbons (Fsp3) is 0.778. The molecule has 0 aromatic heterocycles. The van der Waals surface area contributed by atoms with E-state index in [9.17, 15) is 5.11 Å². The second kappa shape index (κ2) is 3.88. The van der Waals surface area contributed by atoms with Crippen molar-refractivity contribution >= 4 is 0 Å². The zero-order chi connectivity index (χ0) is 8.27. The Labute approximate surface area is 68.3 Å². The Kier molecular flexibility index (Phi) is 3.09. The SMILES string of the molecule is C=CC(C)C(O)C1CCCN1. The molecule has 1 fully saturated rings. The van der Waals surface area contributed by atoms with Gasteiger partial charge in [-0.25, -0.2) is 0 Å². The molecule has 3 unspecified atom stereocenters. The lowest BCUT2D eigenvalue weighted by molar-refractivity contribution is 0.102. The van der Waals surface area contributed by atoms with Crippen LogP contribution in [0, 0.1) is 5.92 Å². The summed E-state index contributed by atoms with van der Waals surface area (Å²) in [7, 11) is 0. The Morgan fingerprint density at radius 2 is 2.45 bits per heavy atom. The van der Waals surface area contributed by atoms with Crippen LogP contribution in [0.3, 0.4) is 0 Å². The van der Waals surface area contributed by atoms with Crippen LogP contribution < -0.4 is 5.32 Å². The van der Waals surface area contributed by atoms with Crippen LogP contribution in [-0.2, 0) is 0 Å². The van der Waals surface area contributed by atoms with E-state index in [0.717, 1.165) is 13.0 Å². The van der Waals surface area contributed by atoms with E-state index in [2.05, 4.69) is 11.9 Å². The van der Waals surface area contributed by atoms with Gasteiger partial charge in [-0.3, -0.25) is 0 Å². The van der Waals surface area contributed by atoms with Gasteiger partial charge in [-0.1, -0.05) is 13.0 Å². The van der Waals surface area contributed by atoms with Gasteiger partial charge in [0.1, 0.15) is 0 Å². The molecule has 1 aliphatic rings. The summed E-state index contributed by atoms with van der Waals surface area (Å²) in [4.78, 5) is 0. The van der Waals surface area contributed by atoms with E-state index in [1.54, 1.807) is 0 Å². The average molecular weight is 155 g/mol. The van der Waals surface area contributed by atoms with Gasteiger partial charge in [0.05, 0.1) is 6.10 Å². The van der Waals surface area contributed by atoms with Crippen molar-refractivity contribution in [3.05, 3.63) is 12.7 Å². The highest BCUT2D eigenvalue weighted by molar-refractivity contribution is 4.90. The summed E-state index contributed by atoms with van der Waals surface area (Å²) in [5.41, 5.74) is 0. The molecule has 1 heterocycles. The molecule has 0 amide bonds. The predicted molar refractivity (Wildman–Crippen MR) is 46.4 cm³/mol. The van der Waals surface area contributed by atoms with Crippen molar-refractivity contribution in [1.29, 1.82) is 0 Å². The standard InChI is InChI=1S/C9H17NO/c1-3-7(2)9(11)8-5-4-6-10-8/h3,7-11H,1,4-6H2,2H3. The van der Waals surface area contributed by atoms with Crippen molar-refractivity contribution in [3.8, 4) is 0 Å². The first-order valence-corrected chi connectivity index (χ1v) is 4.29. The lowest BCUT2D eigenvalue weighted by Crippen LogP contribution is -2.38. The average Bonchev–Trinajstić information content (AvgIpc) is 2.53. The van der Waals surface area contributed by atoms with Gasteiger partial charge in [-0.2, -0.15) is 0 Å². The molecule has 0 saturated carbocycles. The molecule has 2 nitrogen and oxygen atoms in total. The van der Waals surface area contributed by atoms with E-state index in [1.807, 2.05) is 13.0 Å². The minimum absolute atomic E-state index is 0.200. The Balaban J connectivity index is 2.38. The van der Waals surface area contributed by atoms with E-state index >= 15 is 0 Å². The molecular weight excluding hydrogens is 138 g/mol. The quantitative estimate of drug-likeness (QED) is 0.594. The van der Waals surface area contributed by atoms with Gasteiger partial charge in [0.25, 0.3) is 0 Å². The van der Waals surface area contributed by atoms with Crippen molar-refractivity contribution < 1.29 is 5.11 Å². The molecule has 0 aromatic rings. The first-order valence-electron chi connectivity index (χ1n) is 4.29. The van der Waals surface area contributed by atoms with Crippen molar-refractivity contribution in [3.63, 3.8) is 0 Å². The molecular formula is C9H17NO. The molecule has 1 aliphatic heterocycles. The van der Waals surface area contributed by atoms with E-state index in [-0.39, 0.29) is 12.0 Å². The smallest absolute Gasteiger partial charge is 0.0752 e. The lowest BCUT2D eigenvalue weighted by Gasteiger charge is -2.21. The summed E-state index contributed by atoms with van der Waals surface area (Å²) < 4.78 is 0. The summed E-state index contributed by atoms with van der Waals surface area (Å²) in [5, 5.41) is 13.0. The Bertz CT molecular complexity index is 130. The fourth-order valence-corrected chi connectivity index (χ4v) is 1.51. The second-order valence-electron chi connectivity index (χ2n) is 3.29. The van der Waals surface area contributed by atoms with E-state index in [4.69, 9.17) is 0 Å². The zero-order valence-electron chi connectivity index (χ0n) is 7.09. The number of rotatable bonds is 3. The molecule has 0 aromatic carbocycles. The minimum Gasteiger partial charge on any atom is -0.391 e. The van der Waals surface area contributed by atoms with Gasteiger partial charge in [-0.05, 0) is 19.4 Å². The summed E-state index contributed by atoms with van der Waals surface area (Å²) >= 11 is 0. The van der Waals surface area contributed by atoms with Crippen molar-refractivity contribution in [2.45, 2.75) is 31.9 Å². The summed E-state index contributed by atoms with van der Waals surface area (Å²) in [6, 6.07) is 0.294. The third-order valence-corrected chi connectivity index (χ3v) is 2.42. The molecule has 0 radical (unpaired) electrons. The van der Waals surface area contributed by atoms with Gasteiger partial charge in [0, 0.05) is 12.0 Å². The van der Waals surface area contributed by atoms with Crippen LogP contribution in [0.25, 0.3) is 0 Å². The Hall–Kier alpha value is -0.340. The van der Waals surface area contributed by atoms with Gasteiger partial charge >= 0.3 is 0 Å². The summed E-state index contributed by atoms with van der Waals surface area (Å²) in [5.74, 6) is 0.200. The number of nitrogens with one attached hydrogen (secondary N) is 1. The first-order chi connectivity index (χ1) is 5.25. The minimum atomic E-state index is -0.255. The third-order valence-electron chi connectivity index (χ3n) is 2.42.